The fourth-order valence-electron chi connectivity index (χ4n) is 2.20. The Balaban J connectivity index is 2.30. The molecule has 1 fully saturated rings. The van der Waals surface area contributed by atoms with E-state index in [0.29, 0.717) is 18.5 Å². The SMILES string of the molecule is CC1CCC(C)C(NCCS(N)(=O)=O)C1. The van der Waals surface area contributed by atoms with Gasteiger partial charge in [-0.3, -0.25) is 0 Å². The van der Waals surface area contributed by atoms with E-state index >= 15 is 0 Å². The molecule has 0 aromatic rings. The lowest BCUT2D eigenvalue weighted by molar-refractivity contribution is 0.232. The van der Waals surface area contributed by atoms with Crippen LogP contribution in [0.5, 0.6) is 0 Å². The van der Waals surface area contributed by atoms with Gasteiger partial charge in [0.2, 0.25) is 10.0 Å². The maximum absolute atomic E-state index is 10.8. The van der Waals surface area contributed by atoms with Crippen molar-refractivity contribution in [2.75, 3.05) is 12.3 Å². The van der Waals surface area contributed by atoms with E-state index in [4.69, 9.17) is 5.14 Å². The molecule has 1 saturated carbocycles. The molecule has 0 amide bonds. The van der Waals surface area contributed by atoms with Gasteiger partial charge in [-0.05, 0) is 24.7 Å². The highest BCUT2D eigenvalue weighted by molar-refractivity contribution is 7.89. The van der Waals surface area contributed by atoms with Gasteiger partial charge < -0.3 is 5.32 Å². The van der Waals surface area contributed by atoms with Crippen LogP contribution in [0, 0.1) is 11.8 Å². The largest absolute Gasteiger partial charge is 0.313 e. The van der Waals surface area contributed by atoms with Crippen LogP contribution >= 0.6 is 0 Å². The molecule has 0 aliphatic heterocycles. The number of primary sulfonamides is 1. The lowest BCUT2D eigenvalue weighted by atomic mass is 9.80. The quantitative estimate of drug-likeness (QED) is 0.751. The molecule has 4 nitrogen and oxygen atoms in total. The zero-order valence-electron chi connectivity index (χ0n) is 9.57. The summed E-state index contributed by atoms with van der Waals surface area (Å²) in [5.41, 5.74) is 0. The van der Waals surface area contributed by atoms with Gasteiger partial charge in [-0.15, -0.1) is 0 Å². The molecule has 3 N–H and O–H groups in total. The fourth-order valence-corrected chi connectivity index (χ4v) is 2.61. The van der Waals surface area contributed by atoms with Gasteiger partial charge in [0.1, 0.15) is 0 Å². The molecule has 1 aliphatic rings. The average Bonchev–Trinajstić information content (AvgIpc) is 2.09. The van der Waals surface area contributed by atoms with Crippen LogP contribution in [-0.2, 0) is 10.0 Å². The molecular formula is C10H22N2O2S. The van der Waals surface area contributed by atoms with Gasteiger partial charge in [-0.2, -0.15) is 0 Å². The van der Waals surface area contributed by atoms with Gasteiger partial charge in [0.05, 0.1) is 5.75 Å². The maximum atomic E-state index is 10.8. The van der Waals surface area contributed by atoms with Gasteiger partial charge in [-0.25, -0.2) is 13.6 Å². The zero-order valence-corrected chi connectivity index (χ0v) is 10.4. The highest BCUT2D eigenvalue weighted by Gasteiger charge is 2.24. The highest BCUT2D eigenvalue weighted by atomic mass is 32.2. The summed E-state index contributed by atoms with van der Waals surface area (Å²) in [7, 11) is -3.32. The molecule has 0 aromatic carbocycles. The molecule has 5 heteroatoms. The Labute approximate surface area is 92.7 Å². The minimum atomic E-state index is -3.32. The molecule has 0 bridgehead atoms. The van der Waals surface area contributed by atoms with Crippen molar-refractivity contribution < 1.29 is 8.42 Å². The maximum Gasteiger partial charge on any atom is 0.210 e. The topological polar surface area (TPSA) is 72.2 Å². The van der Waals surface area contributed by atoms with Crippen molar-refractivity contribution >= 4 is 10.0 Å². The van der Waals surface area contributed by atoms with Crippen molar-refractivity contribution in [1.29, 1.82) is 0 Å². The second-order valence-corrected chi connectivity index (χ2v) is 6.56. The van der Waals surface area contributed by atoms with Crippen molar-refractivity contribution in [3.05, 3.63) is 0 Å². The Morgan fingerprint density at radius 3 is 2.60 bits per heavy atom. The Kier molecular flexibility index (Phi) is 4.55. The van der Waals surface area contributed by atoms with Crippen LogP contribution in [0.4, 0.5) is 0 Å². The number of hydrogen-bond acceptors (Lipinski definition) is 3. The number of hydrogen-bond donors (Lipinski definition) is 2. The Morgan fingerprint density at radius 2 is 2.00 bits per heavy atom. The van der Waals surface area contributed by atoms with Crippen molar-refractivity contribution in [3.63, 3.8) is 0 Å². The lowest BCUT2D eigenvalue weighted by Crippen LogP contribution is -2.42. The minimum absolute atomic E-state index is 0.0323. The third-order valence-corrected chi connectivity index (χ3v) is 4.02. The van der Waals surface area contributed by atoms with Crippen molar-refractivity contribution in [3.8, 4) is 0 Å². The molecule has 0 heterocycles. The van der Waals surface area contributed by atoms with Gasteiger partial charge >= 0.3 is 0 Å². The molecule has 0 saturated heterocycles. The standard InChI is InChI=1S/C10H22N2O2S/c1-8-3-4-9(2)10(7-8)12-5-6-15(11,13)14/h8-10,12H,3-7H2,1-2H3,(H2,11,13,14). The third-order valence-electron chi connectivity index (χ3n) is 3.25. The molecule has 3 atom stereocenters. The Morgan fingerprint density at radius 1 is 1.33 bits per heavy atom. The van der Waals surface area contributed by atoms with E-state index < -0.39 is 10.0 Å². The normalized spacial score (nSPS) is 32.9. The molecule has 15 heavy (non-hydrogen) atoms. The molecule has 1 rings (SSSR count). The summed E-state index contributed by atoms with van der Waals surface area (Å²) >= 11 is 0. The van der Waals surface area contributed by atoms with Gasteiger partial charge in [0.25, 0.3) is 0 Å². The second-order valence-electron chi connectivity index (χ2n) is 4.82. The molecule has 0 radical (unpaired) electrons. The zero-order chi connectivity index (χ0) is 11.5. The van der Waals surface area contributed by atoms with E-state index in [0.717, 1.165) is 12.3 Å². The average molecular weight is 234 g/mol. The fraction of sp³-hybridized carbons (Fsp3) is 1.00. The summed E-state index contributed by atoms with van der Waals surface area (Å²) in [5.74, 6) is 1.42. The van der Waals surface area contributed by atoms with E-state index in [-0.39, 0.29) is 5.75 Å². The van der Waals surface area contributed by atoms with Crippen molar-refractivity contribution in [2.24, 2.45) is 17.0 Å². The number of nitrogens with two attached hydrogens (primary N) is 1. The van der Waals surface area contributed by atoms with Crippen LogP contribution in [0.25, 0.3) is 0 Å². The predicted octanol–water partition coefficient (Wildman–Crippen LogP) is 0.689. The number of rotatable bonds is 4. The van der Waals surface area contributed by atoms with E-state index in [9.17, 15) is 8.42 Å². The third kappa shape index (κ3) is 4.95. The Bertz CT molecular complexity index is 290. The molecule has 0 aromatic heterocycles. The van der Waals surface area contributed by atoms with Crippen LogP contribution in [0.3, 0.4) is 0 Å². The molecule has 90 valence electrons. The Hall–Kier alpha value is -0.130. The monoisotopic (exact) mass is 234 g/mol. The molecule has 0 spiro atoms. The first-order valence-corrected chi connectivity index (χ1v) is 7.34. The van der Waals surface area contributed by atoms with Crippen LogP contribution in [-0.4, -0.2) is 26.8 Å². The summed E-state index contributed by atoms with van der Waals surface area (Å²) in [5, 5.41) is 8.24. The first kappa shape index (κ1) is 12.9. The number of nitrogens with one attached hydrogen (secondary N) is 1. The summed E-state index contributed by atoms with van der Waals surface area (Å²) in [4.78, 5) is 0. The smallest absolute Gasteiger partial charge is 0.210 e. The minimum Gasteiger partial charge on any atom is -0.313 e. The van der Waals surface area contributed by atoms with Crippen LogP contribution in [0.15, 0.2) is 0 Å². The number of sulfonamides is 1. The first-order chi connectivity index (χ1) is 6.88. The van der Waals surface area contributed by atoms with E-state index in [1.54, 1.807) is 0 Å². The first-order valence-electron chi connectivity index (χ1n) is 5.62. The summed E-state index contributed by atoms with van der Waals surface area (Å²) < 4.78 is 21.5. The van der Waals surface area contributed by atoms with E-state index in [2.05, 4.69) is 19.2 Å². The van der Waals surface area contributed by atoms with Gasteiger partial charge in [0.15, 0.2) is 0 Å². The predicted molar refractivity (Wildman–Crippen MR) is 61.9 cm³/mol. The summed E-state index contributed by atoms with van der Waals surface area (Å²) in [6.07, 6.45) is 3.66. The highest BCUT2D eigenvalue weighted by Crippen LogP contribution is 2.28. The van der Waals surface area contributed by atoms with Crippen molar-refractivity contribution in [2.45, 2.75) is 39.2 Å². The van der Waals surface area contributed by atoms with E-state index in [1.165, 1.54) is 12.8 Å². The summed E-state index contributed by atoms with van der Waals surface area (Å²) in [6.45, 7) is 4.95. The molecule has 1 aliphatic carbocycles. The van der Waals surface area contributed by atoms with E-state index in [1.807, 2.05) is 0 Å². The van der Waals surface area contributed by atoms with Crippen LogP contribution in [0.2, 0.25) is 0 Å². The van der Waals surface area contributed by atoms with Crippen molar-refractivity contribution in [1.82, 2.24) is 5.32 Å². The second kappa shape index (κ2) is 5.27. The van der Waals surface area contributed by atoms with Gasteiger partial charge in [0, 0.05) is 12.6 Å². The van der Waals surface area contributed by atoms with Gasteiger partial charge in [-0.1, -0.05) is 20.3 Å². The molecule has 3 unspecified atom stereocenters. The lowest BCUT2D eigenvalue weighted by Gasteiger charge is -2.33. The molecular weight excluding hydrogens is 212 g/mol. The van der Waals surface area contributed by atoms with Crippen LogP contribution < -0.4 is 10.5 Å². The van der Waals surface area contributed by atoms with Crippen LogP contribution in [0.1, 0.15) is 33.1 Å². The summed E-state index contributed by atoms with van der Waals surface area (Å²) in [6, 6.07) is 0.454.